The van der Waals surface area contributed by atoms with E-state index in [9.17, 15) is 4.79 Å². The normalized spacial score (nSPS) is 10.2. The molecule has 0 saturated carbocycles. The largest absolute Gasteiger partial charge is 0.394 e. The molecular weight excluding hydrogens is 292 g/mol. The van der Waals surface area contributed by atoms with Crippen LogP contribution >= 0.6 is 0 Å². The first-order chi connectivity index (χ1) is 11.1. The Morgan fingerprint density at radius 1 is 1.22 bits per heavy atom. The molecule has 0 radical (unpaired) electrons. The standard InChI is InChI=1S/C16H22N6O/c1-4-22(5-2)15(23)11-6-8-12(9-7-11)20-16-19-10-13(17)14(18-3)21-16/h6-10H,4-5,17H2,1-3H3,(H2,18,19,20,21). The molecule has 1 aromatic heterocycles. The molecule has 7 nitrogen and oxygen atoms in total. The Kier molecular flexibility index (Phi) is 5.35. The van der Waals surface area contributed by atoms with Crippen molar-refractivity contribution in [2.24, 2.45) is 0 Å². The van der Waals surface area contributed by atoms with E-state index in [0.717, 1.165) is 5.69 Å². The highest BCUT2D eigenvalue weighted by Gasteiger charge is 2.12. The molecule has 4 N–H and O–H groups in total. The van der Waals surface area contributed by atoms with Crippen molar-refractivity contribution in [2.75, 3.05) is 36.5 Å². The van der Waals surface area contributed by atoms with Crippen molar-refractivity contribution in [1.29, 1.82) is 0 Å². The lowest BCUT2D eigenvalue weighted by atomic mass is 10.2. The monoisotopic (exact) mass is 314 g/mol. The van der Waals surface area contributed by atoms with Crippen LogP contribution in [-0.2, 0) is 0 Å². The molecule has 0 aliphatic rings. The maximum atomic E-state index is 12.3. The van der Waals surface area contributed by atoms with Crippen molar-refractivity contribution in [3.63, 3.8) is 0 Å². The zero-order valence-electron chi connectivity index (χ0n) is 13.6. The molecule has 0 aliphatic heterocycles. The summed E-state index contributed by atoms with van der Waals surface area (Å²) in [6.07, 6.45) is 1.54. The van der Waals surface area contributed by atoms with Gasteiger partial charge in [0, 0.05) is 31.4 Å². The Morgan fingerprint density at radius 3 is 2.43 bits per heavy atom. The Morgan fingerprint density at radius 2 is 1.87 bits per heavy atom. The molecule has 0 aliphatic carbocycles. The van der Waals surface area contributed by atoms with E-state index in [4.69, 9.17) is 5.73 Å². The van der Waals surface area contributed by atoms with Gasteiger partial charge in [-0.15, -0.1) is 0 Å². The molecule has 0 saturated heterocycles. The Balaban J connectivity index is 2.12. The Hall–Kier alpha value is -2.83. The van der Waals surface area contributed by atoms with Gasteiger partial charge in [-0.3, -0.25) is 4.79 Å². The Labute approximate surface area is 135 Å². The van der Waals surface area contributed by atoms with E-state index in [2.05, 4.69) is 20.6 Å². The van der Waals surface area contributed by atoms with Crippen LogP contribution in [0.3, 0.4) is 0 Å². The van der Waals surface area contributed by atoms with Crippen molar-refractivity contribution in [1.82, 2.24) is 14.9 Å². The second-order valence-electron chi connectivity index (χ2n) is 4.93. The van der Waals surface area contributed by atoms with E-state index in [0.29, 0.717) is 36.1 Å². The van der Waals surface area contributed by atoms with E-state index < -0.39 is 0 Å². The lowest BCUT2D eigenvalue weighted by Gasteiger charge is -2.18. The fraction of sp³-hybridized carbons (Fsp3) is 0.312. The van der Waals surface area contributed by atoms with Gasteiger partial charge in [-0.05, 0) is 38.1 Å². The number of carbonyl (C=O) groups is 1. The number of nitrogens with two attached hydrogens (primary N) is 1. The molecule has 0 bridgehead atoms. The quantitative estimate of drug-likeness (QED) is 0.757. The molecule has 0 spiro atoms. The van der Waals surface area contributed by atoms with Crippen LogP contribution in [0.25, 0.3) is 0 Å². The molecule has 2 rings (SSSR count). The number of aromatic nitrogens is 2. The summed E-state index contributed by atoms with van der Waals surface area (Å²) in [5, 5.41) is 5.99. The molecule has 7 heteroatoms. The maximum Gasteiger partial charge on any atom is 0.253 e. The van der Waals surface area contributed by atoms with Gasteiger partial charge in [0.2, 0.25) is 5.95 Å². The van der Waals surface area contributed by atoms with Crippen LogP contribution in [0.5, 0.6) is 0 Å². The average Bonchev–Trinajstić information content (AvgIpc) is 2.58. The number of rotatable bonds is 6. The summed E-state index contributed by atoms with van der Waals surface area (Å²) >= 11 is 0. The van der Waals surface area contributed by atoms with Crippen LogP contribution in [0.4, 0.5) is 23.1 Å². The Bertz CT molecular complexity index is 667. The highest BCUT2D eigenvalue weighted by atomic mass is 16.2. The van der Waals surface area contributed by atoms with Gasteiger partial charge in [0.1, 0.15) is 0 Å². The number of hydrogen-bond acceptors (Lipinski definition) is 6. The van der Waals surface area contributed by atoms with Gasteiger partial charge in [-0.1, -0.05) is 0 Å². The molecule has 2 aromatic rings. The lowest BCUT2D eigenvalue weighted by molar-refractivity contribution is 0.0773. The predicted octanol–water partition coefficient (Wildman–Crippen LogP) is 2.33. The van der Waals surface area contributed by atoms with Crippen LogP contribution in [0.15, 0.2) is 30.5 Å². The van der Waals surface area contributed by atoms with Crippen molar-refractivity contribution in [3.8, 4) is 0 Å². The van der Waals surface area contributed by atoms with Crippen molar-refractivity contribution in [3.05, 3.63) is 36.0 Å². The fourth-order valence-electron chi connectivity index (χ4n) is 2.17. The number of anilines is 4. The third-order valence-electron chi connectivity index (χ3n) is 3.49. The van der Waals surface area contributed by atoms with E-state index in [1.54, 1.807) is 30.3 Å². The summed E-state index contributed by atoms with van der Waals surface area (Å²) in [5.41, 5.74) is 7.69. The second-order valence-corrected chi connectivity index (χ2v) is 4.93. The first-order valence-corrected chi connectivity index (χ1v) is 7.55. The van der Waals surface area contributed by atoms with Crippen LogP contribution in [0.1, 0.15) is 24.2 Å². The molecule has 23 heavy (non-hydrogen) atoms. The zero-order valence-corrected chi connectivity index (χ0v) is 13.6. The summed E-state index contributed by atoms with van der Waals surface area (Å²) < 4.78 is 0. The number of nitrogens with one attached hydrogen (secondary N) is 2. The minimum Gasteiger partial charge on any atom is -0.394 e. The van der Waals surface area contributed by atoms with Crippen LogP contribution < -0.4 is 16.4 Å². The highest BCUT2D eigenvalue weighted by Crippen LogP contribution is 2.19. The van der Waals surface area contributed by atoms with Crippen molar-refractivity contribution >= 4 is 29.0 Å². The number of benzene rings is 1. The predicted molar refractivity (Wildman–Crippen MR) is 93.0 cm³/mol. The third-order valence-corrected chi connectivity index (χ3v) is 3.49. The molecule has 0 atom stereocenters. The molecule has 1 amide bonds. The van der Waals surface area contributed by atoms with Gasteiger partial charge < -0.3 is 21.3 Å². The van der Waals surface area contributed by atoms with Gasteiger partial charge in [0.05, 0.1) is 11.9 Å². The number of hydrogen-bond donors (Lipinski definition) is 3. The molecule has 122 valence electrons. The van der Waals surface area contributed by atoms with Crippen LogP contribution in [-0.4, -0.2) is 40.9 Å². The number of amides is 1. The topological polar surface area (TPSA) is 96.2 Å². The van der Waals surface area contributed by atoms with Crippen molar-refractivity contribution < 1.29 is 4.79 Å². The SMILES string of the molecule is CCN(CC)C(=O)c1ccc(Nc2ncc(N)c(NC)n2)cc1. The van der Waals surface area contributed by atoms with Gasteiger partial charge in [-0.25, -0.2) is 4.98 Å². The van der Waals surface area contributed by atoms with Gasteiger partial charge in [-0.2, -0.15) is 4.98 Å². The number of nitrogen functional groups attached to an aromatic ring is 1. The molecule has 1 aromatic carbocycles. The highest BCUT2D eigenvalue weighted by molar-refractivity contribution is 5.94. The van der Waals surface area contributed by atoms with E-state index in [-0.39, 0.29) is 5.91 Å². The lowest BCUT2D eigenvalue weighted by Crippen LogP contribution is -2.30. The van der Waals surface area contributed by atoms with Crippen LogP contribution in [0.2, 0.25) is 0 Å². The van der Waals surface area contributed by atoms with E-state index in [1.807, 2.05) is 26.0 Å². The van der Waals surface area contributed by atoms with Gasteiger partial charge in [0.15, 0.2) is 5.82 Å². The average molecular weight is 314 g/mol. The third kappa shape index (κ3) is 3.88. The molecule has 0 unspecified atom stereocenters. The number of carbonyl (C=O) groups excluding carboxylic acids is 1. The van der Waals surface area contributed by atoms with Crippen molar-refractivity contribution in [2.45, 2.75) is 13.8 Å². The van der Waals surface area contributed by atoms with Gasteiger partial charge >= 0.3 is 0 Å². The summed E-state index contributed by atoms with van der Waals surface area (Å²) in [5.74, 6) is 1.03. The molecule has 1 heterocycles. The maximum absolute atomic E-state index is 12.3. The smallest absolute Gasteiger partial charge is 0.253 e. The van der Waals surface area contributed by atoms with E-state index in [1.165, 1.54) is 0 Å². The minimum absolute atomic E-state index is 0.0303. The summed E-state index contributed by atoms with van der Waals surface area (Å²) in [4.78, 5) is 22.4. The summed E-state index contributed by atoms with van der Waals surface area (Å²) in [6.45, 7) is 5.33. The zero-order chi connectivity index (χ0) is 16.8. The van der Waals surface area contributed by atoms with Crippen LogP contribution in [0, 0.1) is 0 Å². The minimum atomic E-state index is 0.0303. The summed E-state index contributed by atoms with van der Waals surface area (Å²) in [7, 11) is 1.75. The summed E-state index contributed by atoms with van der Waals surface area (Å²) in [6, 6.07) is 7.24. The fourth-order valence-corrected chi connectivity index (χ4v) is 2.17. The number of nitrogens with zero attached hydrogens (tertiary/aromatic N) is 3. The first-order valence-electron chi connectivity index (χ1n) is 7.55. The van der Waals surface area contributed by atoms with Gasteiger partial charge in [0.25, 0.3) is 5.91 Å². The first kappa shape index (κ1) is 16.5. The molecule has 0 fully saturated rings. The van der Waals surface area contributed by atoms with E-state index >= 15 is 0 Å². The second kappa shape index (κ2) is 7.44. The molecular formula is C16H22N6O.